The molecule has 3 heterocycles. The van der Waals surface area contributed by atoms with Crippen LogP contribution in [0, 0.1) is 0 Å². The van der Waals surface area contributed by atoms with Gasteiger partial charge >= 0.3 is 0 Å². The highest BCUT2D eigenvalue weighted by molar-refractivity contribution is 6.08. The van der Waals surface area contributed by atoms with Gasteiger partial charge in [0, 0.05) is 19.2 Å². The predicted octanol–water partition coefficient (Wildman–Crippen LogP) is 2.82. The van der Waals surface area contributed by atoms with Crippen LogP contribution in [0.5, 0.6) is 5.75 Å². The number of allylic oxidation sites excluding steroid dienone is 3. The fourth-order valence-corrected chi connectivity index (χ4v) is 3.91. The minimum atomic E-state index is -0.399. The van der Waals surface area contributed by atoms with Crippen molar-refractivity contribution in [2.75, 3.05) is 17.2 Å². The van der Waals surface area contributed by atoms with Gasteiger partial charge in [0.05, 0.1) is 16.9 Å². The van der Waals surface area contributed by atoms with Gasteiger partial charge < -0.3 is 25.7 Å². The first kappa shape index (κ1) is 21.4. The summed E-state index contributed by atoms with van der Waals surface area (Å²) >= 11 is 0. The van der Waals surface area contributed by atoms with E-state index >= 15 is 0 Å². The smallest absolute Gasteiger partial charge is 0.272 e. The van der Waals surface area contributed by atoms with Crippen LogP contribution >= 0.6 is 0 Å². The zero-order chi connectivity index (χ0) is 23.5. The molecule has 1 aliphatic carbocycles. The van der Waals surface area contributed by atoms with Crippen LogP contribution < -0.4 is 20.7 Å². The average molecular weight is 458 g/mol. The Morgan fingerprint density at radius 2 is 2.12 bits per heavy atom. The summed E-state index contributed by atoms with van der Waals surface area (Å²) in [6.07, 6.45) is 11.0. The monoisotopic (exact) mass is 458 g/mol. The molecule has 3 amide bonds. The average Bonchev–Trinajstić information content (AvgIpc) is 3.25. The second-order valence-corrected chi connectivity index (χ2v) is 8.01. The number of aromatic nitrogens is 3. The number of amides is 3. The summed E-state index contributed by atoms with van der Waals surface area (Å²) < 4.78 is 5.35. The van der Waals surface area contributed by atoms with Gasteiger partial charge in [-0.05, 0) is 30.5 Å². The summed E-state index contributed by atoms with van der Waals surface area (Å²) in [6, 6.07) is 5.31. The molecule has 0 radical (unpaired) electrons. The molecule has 0 atom stereocenters. The number of carbonyl (C=O) groups excluding carboxylic acids is 3. The lowest BCUT2D eigenvalue weighted by Crippen LogP contribution is -2.26. The second kappa shape index (κ2) is 9.18. The van der Waals surface area contributed by atoms with Gasteiger partial charge in [-0.15, -0.1) is 0 Å². The standard InChI is InChI=1S/C24H22N6O4/c31-19(9-14-4-2-1-3-5-14)30-17-11-25-22-21(17)27-13-28-23(22)24(33)26-10-15-6-7-18-16(8-15)29-20(32)12-34-18/h1-2,4,6-8,11,13,25H,3,5,9-10,12H2,(H,26,33)(H,29,32)(H,30,31). The zero-order valence-corrected chi connectivity index (χ0v) is 18.2. The van der Waals surface area contributed by atoms with E-state index in [1.54, 1.807) is 18.3 Å². The summed E-state index contributed by atoms with van der Waals surface area (Å²) in [5.41, 5.74) is 3.98. The number of anilines is 2. The largest absolute Gasteiger partial charge is 0.482 e. The Bertz CT molecular complexity index is 1360. The maximum absolute atomic E-state index is 12.8. The van der Waals surface area contributed by atoms with Crippen LogP contribution in [-0.4, -0.2) is 39.3 Å². The van der Waals surface area contributed by atoms with Crippen molar-refractivity contribution in [1.82, 2.24) is 20.3 Å². The van der Waals surface area contributed by atoms with E-state index in [0.717, 1.165) is 24.0 Å². The Hall–Kier alpha value is -4.47. The first-order chi connectivity index (χ1) is 16.6. The van der Waals surface area contributed by atoms with E-state index < -0.39 is 5.91 Å². The van der Waals surface area contributed by atoms with E-state index in [4.69, 9.17) is 4.74 Å². The third-order valence-electron chi connectivity index (χ3n) is 5.57. The van der Waals surface area contributed by atoms with E-state index in [0.29, 0.717) is 34.6 Å². The summed E-state index contributed by atoms with van der Waals surface area (Å²) in [4.78, 5) is 48.2. The normalized spacial score (nSPS) is 14.6. The van der Waals surface area contributed by atoms with Crippen molar-refractivity contribution in [3.63, 3.8) is 0 Å². The number of aromatic amines is 1. The Balaban J connectivity index is 1.27. The van der Waals surface area contributed by atoms with Crippen LogP contribution in [0.3, 0.4) is 0 Å². The molecule has 10 nitrogen and oxygen atoms in total. The number of benzene rings is 1. The molecule has 0 saturated heterocycles. The highest BCUT2D eigenvalue weighted by Crippen LogP contribution is 2.28. The third kappa shape index (κ3) is 4.51. The van der Waals surface area contributed by atoms with Gasteiger partial charge in [-0.2, -0.15) is 0 Å². The van der Waals surface area contributed by atoms with Gasteiger partial charge in [0.1, 0.15) is 17.6 Å². The second-order valence-electron chi connectivity index (χ2n) is 8.01. The maximum atomic E-state index is 12.8. The van der Waals surface area contributed by atoms with Gasteiger partial charge in [-0.1, -0.05) is 29.9 Å². The van der Waals surface area contributed by atoms with Crippen molar-refractivity contribution in [3.8, 4) is 5.75 Å². The van der Waals surface area contributed by atoms with Gasteiger partial charge in [0.15, 0.2) is 12.3 Å². The lowest BCUT2D eigenvalue weighted by atomic mass is 10.0. The number of nitrogens with one attached hydrogen (secondary N) is 4. The summed E-state index contributed by atoms with van der Waals surface area (Å²) in [5, 5.41) is 8.44. The van der Waals surface area contributed by atoms with E-state index in [2.05, 4.69) is 37.0 Å². The molecular weight excluding hydrogens is 436 g/mol. The molecule has 34 heavy (non-hydrogen) atoms. The van der Waals surface area contributed by atoms with E-state index in [1.807, 2.05) is 18.2 Å². The number of nitrogens with zero attached hydrogens (tertiary/aromatic N) is 2. The molecule has 0 fully saturated rings. The Morgan fingerprint density at radius 1 is 1.21 bits per heavy atom. The molecule has 2 aromatic heterocycles. The van der Waals surface area contributed by atoms with Crippen LogP contribution in [-0.2, 0) is 16.1 Å². The molecular formula is C24H22N6O4. The molecule has 172 valence electrons. The fraction of sp³-hybridized carbons (Fsp3) is 0.208. The summed E-state index contributed by atoms with van der Waals surface area (Å²) in [7, 11) is 0. The Kier molecular flexibility index (Phi) is 5.77. The molecule has 0 unspecified atom stereocenters. The molecule has 5 rings (SSSR count). The molecule has 0 spiro atoms. The van der Waals surface area contributed by atoms with Crippen molar-refractivity contribution in [2.45, 2.75) is 25.8 Å². The SMILES string of the molecule is O=C1COc2ccc(CNC(=O)c3ncnc4c(NC(=O)CC5=CC=CCC5)c[nH]c34)cc2N1. The number of carbonyl (C=O) groups is 3. The molecule has 0 bridgehead atoms. The Morgan fingerprint density at radius 3 is 2.97 bits per heavy atom. The molecule has 3 aromatic rings. The number of ether oxygens (including phenoxy) is 1. The lowest BCUT2D eigenvalue weighted by Gasteiger charge is -2.18. The zero-order valence-electron chi connectivity index (χ0n) is 18.2. The number of hydrogen-bond donors (Lipinski definition) is 4. The van der Waals surface area contributed by atoms with Crippen molar-refractivity contribution in [1.29, 1.82) is 0 Å². The van der Waals surface area contributed by atoms with Crippen LogP contribution in [0.15, 0.2) is 54.5 Å². The first-order valence-electron chi connectivity index (χ1n) is 10.9. The van der Waals surface area contributed by atoms with E-state index in [1.165, 1.54) is 6.33 Å². The van der Waals surface area contributed by atoms with Crippen LogP contribution in [0.4, 0.5) is 11.4 Å². The van der Waals surface area contributed by atoms with Gasteiger partial charge in [0.25, 0.3) is 11.8 Å². The summed E-state index contributed by atoms with van der Waals surface area (Å²) in [5.74, 6) is -0.178. The third-order valence-corrected chi connectivity index (χ3v) is 5.57. The van der Waals surface area contributed by atoms with Crippen LogP contribution in [0.1, 0.15) is 35.3 Å². The quantitative estimate of drug-likeness (QED) is 0.448. The van der Waals surface area contributed by atoms with Gasteiger partial charge in [0.2, 0.25) is 5.91 Å². The highest BCUT2D eigenvalue weighted by atomic mass is 16.5. The Labute approximate surface area is 194 Å². The minimum absolute atomic E-state index is 0.0133. The number of fused-ring (bicyclic) bond motifs is 2. The van der Waals surface area contributed by atoms with Crippen molar-refractivity contribution in [2.24, 2.45) is 0 Å². The number of H-pyrrole nitrogens is 1. The van der Waals surface area contributed by atoms with Crippen molar-refractivity contribution in [3.05, 3.63) is 65.8 Å². The van der Waals surface area contributed by atoms with E-state index in [9.17, 15) is 14.4 Å². The summed E-state index contributed by atoms with van der Waals surface area (Å²) in [6.45, 7) is 0.210. The molecule has 0 saturated carbocycles. The van der Waals surface area contributed by atoms with Crippen molar-refractivity contribution < 1.29 is 19.1 Å². The topological polar surface area (TPSA) is 138 Å². The molecule has 4 N–H and O–H groups in total. The van der Waals surface area contributed by atoms with Crippen LogP contribution in [0.25, 0.3) is 11.0 Å². The first-order valence-corrected chi connectivity index (χ1v) is 10.9. The number of rotatable bonds is 6. The van der Waals surface area contributed by atoms with Gasteiger partial charge in [-0.25, -0.2) is 9.97 Å². The predicted molar refractivity (Wildman–Crippen MR) is 125 cm³/mol. The molecule has 1 aromatic carbocycles. The molecule has 10 heteroatoms. The fourth-order valence-electron chi connectivity index (χ4n) is 3.91. The number of hydrogen-bond acceptors (Lipinski definition) is 6. The highest BCUT2D eigenvalue weighted by Gasteiger charge is 2.19. The van der Waals surface area contributed by atoms with Crippen molar-refractivity contribution >= 4 is 40.1 Å². The maximum Gasteiger partial charge on any atom is 0.272 e. The van der Waals surface area contributed by atoms with Gasteiger partial charge in [-0.3, -0.25) is 14.4 Å². The minimum Gasteiger partial charge on any atom is -0.482 e. The lowest BCUT2D eigenvalue weighted by molar-refractivity contribution is -0.118. The molecule has 1 aliphatic heterocycles. The van der Waals surface area contributed by atoms with Crippen LogP contribution in [0.2, 0.25) is 0 Å². The van der Waals surface area contributed by atoms with E-state index in [-0.39, 0.29) is 30.7 Å². The molecule has 2 aliphatic rings.